The van der Waals surface area contributed by atoms with Gasteiger partial charge in [0.25, 0.3) is 0 Å². The Morgan fingerprint density at radius 1 is 1.00 bits per heavy atom. The average molecular weight is 298 g/mol. The predicted octanol–water partition coefficient (Wildman–Crippen LogP) is 2.98. The fourth-order valence-corrected chi connectivity index (χ4v) is 30.2. The van der Waals surface area contributed by atoms with Crippen LogP contribution in [0.25, 0.3) is 0 Å². The molecule has 18 heavy (non-hydrogen) atoms. The molecule has 1 aromatic rings. The van der Waals surface area contributed by atoms with E-state index in [1.54, 1.807) is 0 Å². The van der Waals surface area contributed by atoms with Crippen LogP contribution in [0.3, 0.4) is 0 Å². The minimum absolute atomic E-state index is 0.521. The molecule has 0 amide bonds. The Morgan fingerprint density at radius 3 is 1.89 bits per heavy atom. The van der Waals surface area contributed by atoms with E-state index in [4.69, 9.17) is 0 Å². The molecule has 1 unspecified atom stereocenters. The lowest BCUT2D eigenvalue weighted by atomic mass is 10.5. The third kappa shape index (κ3) is 3.40. The molecular formula is C13H27NOSi3. The minimum Gasteiger partial charge on any atom is -0.433 e. The Morgan fingerprint density at radius 2 is 1.56 bits per heavy atom. The zero-order chi connectivity index (χ0) is 14.2. The van der Waals surface area contributed by atoms with E-state index in [9.17, 15) is 4.80 Å². The summed E-state index contributed by atoms with van der Waals surface area (Å²) < 4.78 is 0. The molecule has 0 bridgehead atoms. The highest BCUT2D eigenvalue weighted by Gasteiger charge is 2.51. The summed E-state index contributed by atoms with van der Waals surface area (Å²) in [6.45, 7) is 16.1. The van der Waals surface area contributed by atoms with Gasteiger partial charge in [-0.15, -0.1) is 0 Å². The molecule has 2 nitrogen and oxygen atoms in total. The van der Waals surface area contributed by atoms with Gasteiger partial charge in [-0.05, 0) is 30.0 Å². The van der Waals surface area contributed by atoms with Crippen LogP contribution in [0, 0.1) is 0 Å². The maximum Gasteiger partial charge on any atom is 0.180 e. The summed E-state index contributed by atoms with van der Waals surface area (Å²) in [6.07, 6.45) is 1.89. The van der Waals surface area contributed by atoms with E-state index in [0.717, 1.165) is 0 Å². The fraction of sp³-hybridized carbons (Fsp3) is 0.615. The quantitative estimate of drug-likeness (QED) is 0.867. The highest BCUT2D eigenvalue weighted by atomic mass is 28.5. The largest absolute Gasteiger partial charge is 0.433 e. The maximum atomic E-state index is 10.8. The summed E-state index contributed by atoms with van der Waals surface area (Å²) >= 11 is 0. The van der Waals surface area contributed by atoms with Crippen molar-refractivity contribution in [2.75, 3.05) is 0 Å². The van der Waals surface area contributed by atoms with Crippen LogP contribution in [0.1, 0.15) is 0 Å². The Balaban J connectivity index is 3.30. The van der Waals surface area contributed by atoms with Gasteiger partial charge >= 0.3 is 0 Å². The Bertz CT molecular complexity index is 379. The van der Waals surface area contributed by atoms with Crippen LogP contribution in [0.15, 0.2) is 24.4 Å². The lowest BCUT2D eigenvalue weighted by Crippen LogP contribution is -2.63. The summed E-state index contributed by atoms with van der Waals surface area (Å²) in [4.78, 5) is 15.9. The van der Waals surface area contributed by atoms with Crippen LogP contribution in [0.4, 0.5) is 0 Å². The van der Waals surface area contributed by atoms with Crippen LogP contribution in [0.2, 0.25) is 50.6 Å². The lowest BCUT2D eigenvalue weighted by Gasteiger charge is -2.45. The molecule has 102 valence electrons. The lowest BCUT2D eigenvalue weighted by molar-refractivity contribution is 0.551. The Hall–Kier alpha value is -0.239. The van der Waals surface area contributed by atoms with Crippen molar-refractivity contribution in [3.8, 4) is 0 Å². The first-order chi connectivity index (χ1) is 7.97. The van der Waals surface area contributed by atoms with Crippen molar-refractivity contribution in [2.24, 2.45) is 0 Å². The third-order valence-electron chi connectivity index (χ3n) is 3.62. The topological polar surface area (TPSA) is 33.1 Å². The van der Waals surface area contributed by atoms with Crippen molar-refractivity contribution < 1.29 is 4.80 Å². The molecule has 1 rings (SSSR count). The van der Waals surface area contributed by atoms with Gasteiger partial charge in [0, 0.05) is 19.6 Å². The molecule has 1 N–H and O–H groups in total. The van der Waals surface area contributed by atoms with Gasteiger partial charge in [0.1, 0.15) is 8.07 Å². The van der Waals surface area contributed by atoms with Gasteiger partial charge in [-0.1, -0.05) is 38.8 Å². The summed E-state index contributed by atoms with van der Waals surface area (Å²) in [5, 5.41) is 1.24. The molecule has 1 atom stereocenters. The normalized spacial score (nSPS) is 15.6. The SMILES string of the molecule is C[Si](C)(C)C([Si](C)(C)O)[Si](C)(C)c1ccccn1. The highest BCUT2D eigenvalue weighted by Crippen LogP contribution is 2.38. The van der Waals surface area contributed by atoms with E-state index in [1.165, 1.54) is 5.32 Å². The van der Waals surface area contributed by atoms with Crippen molar-refractivity contribution in [3.05, 3.63) is 24.4 Å². The second kappa shape index (κ2) is 5.03. The van der Waals surface area contributed by atoms with E-state index < -0.39 is 24.5 Å². The molecule has 0 aromatic carbocycles. The monoisotopic (exact) mass is 297 g/mol. The van der Waals surface area contributed by atoms with Crippen LogP contribution in [0.5, 0.6) is 0 Å². The van der Waals surface area contributed by atoms with Crippen LogP contribution in [-0.2, 0) is 0 Å². The Kier molecular flexibility index (Phi) is 4.42. The summed E-state index contributed by atoms with van der Waals surface area (Å²) in [5.74, 6) is 0. The number of hydrogen-bond acceptors (Lipinski definition) is 2. The van der Waals surface area contributed by atoms with Gasteiger partial charge < -0.3 is 4.80 Å². The van der Waals surface area contributed by atoms with E-state index in [1.807, 2.05) is 12.3 Å². The number of rotatable bonds is 4. The molecule has 5 heteroatoms. The fourth-order valence-electron chi connectivity index (χ4n) is 3.92. The number of pyridine rings is 1. The van der Waals surface area contributed by atoms with Crippen molar-refractivity contribution in [1.29, 1.82) is 0 Å². The first kappa shape index (κ1) is 15.8. The zero-order valence-corrected chi connectivity index (χ0v) is 15.8. The van der Waals surface area contributed by atoms with Crippen molar-refractivity contribution in [3.63, 3.8) is 0 Å². The van der Waals surface area contributed by atoms with E-state index >= 15 is 0 Å². The van der Waals surface area contributed by atoms with Crippen molar-refractivity contribution in [2.45, 2.75) is 50.6 Å². The molecule has 0 aliphatic rings. The van der Waals surface area contributed by atoms with Crippen LogP contribution >= 0.6 is 0 Å². The zero-order valence-electron chi connectivity index (χ0n) is 12.8. The molecule has 1 heterocycles. The number of hydrogen-bond donors (Lipinski definition) is 1. The van der Waals surface area contributed by atoms with Gasteiger partial charge in [-0.3, -0.25) is 4.98 Å². The van der Waals surface area contributed by atoms with Gasteiger partial charge in [-0.2, -0.15) is 0 Å². The van der Waals surface area contributed by atoms with Gasteiger partial charge in [0.05, 0.1) is 0 Å². The summed E-state index contributed by atoms with van der Waals surface area (Å²) in [7, 11) is -5.28. The summed E-state index contributed by atoms with van der Waals surface area (Å²) in [5.41, 5.74) is 0. The average Bonchev–Trinajstić information content (AvgIpc) is 2.13. The minimum atomic E-state index is -2.16. The molecule has 0 aliphatic carbocycles. The molecule has 0 aliphatic heterocycles. The molecule has 0 saturated heterocycles. The van der Waals surface area contributed by atoms with Gasteiger partial charge in [-0.25, -0.2) is 0 Å². The van der Waals surface area contributed by atoms with Crippen molar-refractivity contribution in [1.82, 2.24) is 4.98 Å². The Labute approximate surface area is 115 Å². The first-order valence-electron chi connectivity index (χ1n) is 6.61. The standard InChI is InChI=1S/C13H27NOSi3/c1-16(2,3)13(18(6,7)15)17(4,5)12-10-8-9-11-14-12/h8-11,13,15H,1-7H3. The molecular weight excluding hydrogens is 270 g/mol. The van der Waals surface area contributed by atoms with E-state index in [0.29, 0.717) is 4.79 Å². The smallest absolute Gasteiger partial charge is 0.180 e. The molecule has 0 saturated carbocycles. The highest BCUT2D eigenvalue weighted by molar-refractivity contribution is 7.14. The van der Waals surface area contributed by atoms with Gasteiger partial charge in [0.15, 0.2) is 8.32 Å². The predicted molar refractivity (Wildman–Crippen MR) is 88.1 cm³/mol. The number of aromatic nitrogens is 1. The molecule has 0 radical (unpaired) electrons. The molecule has 0 spiro atoms. The second-order valence-corrected chi connectivity index (χ2v) is 22.8. The third-order valence-corrected chi connectivity index (χ3v) is 23.6. The van der Waals surface area contributed by atoms with Crippen molar-refractivity contribution >= 4 is 29.8 Å². The molecule has 0 fully saturated rings. The second-order valence-electron chi connectivity index (χ2n) is 7.39. The number of nitrogens with zero attached hydrogens (tertiary/aromatic N) is 1. The van der Waals surface area contributed by atoms with Crippen LogP contribution in [-0.4, -0.2) is 34.2 Å². The van der Waals surface area contributed by atoms with Gasteiger partial charge in [0.2, 0.25) is 0 Å². The molecule has 1 aromatic heterocycles. The maximum absolute atomic E-state index is 10.8. The first-order valence-corrected chi connectivity index (χ1v) is 16.3. The van der Waals surface area contributed by atoms with Crippen LogP contribution < -0.4 is 5.32 Å². The van der Waals surface area contributed by atoms with E-state index in [-0.39, 0.29) is 0 Å². The van der Waals surface area contributed by atoms with E-state index in [2.05, 4.69) is 62.9 Å². The summed E-state index contributed by atoms with van der Waals surface area (Å²) in [6, 6.07) is 6.20.